The molecular weight excluding hydrogens is 314 g/mol. The van der Waals surface area contributed by atoms with Crippen LogP contribution in [0.3, 0.4) is 0 Å². The second kappa shape index (κ2) is 7.25. The third-order valence-corrected chi connectivity index (χ3v) is 4.27. The van der Waals surface area contributed by atoms with Gasteiger partial charge >= 0.3 is 0 Å². The van der Waals surface area contributed by atoms with Gasteiger partial charge in [0, 0.05) is 30.7 Å². The molecule has 25 heavy (non-hydrogen) atoms. The van der Waals surface area contributed by atoms with Gasteiger partial charge in [0.1, 0.15) is 11.6 Å². The topological polar surface area (TPSA) is 66.2 Å². The molecule has 0 amide bonds. The molecule has 4 rings (SSSR count). The third-order valence-electron chi connectivity index (χ3n) is 4.27. The van der Waals surface area contributed by atoms with Gasteiger partial charge in [0.2, 0.25) is 5.95 Å². The first kappa shape index (κ1) is 15.5. The molecule has 1 saturated heterocycles. The van der Waals surface area contributed by atoms with Gasteiger partial charge in [0.15, 0.2) is 0 Å². The Hall–Kier alpha value is -3.02. The highest BCUT2D eigenvalue weighted by atomic mass is 16.3. The van der Waals surface area contributed by atoms with Crippen molar-refractivity contribution in [2.75, 3.05) is 28.6 Å². The number of hydrogen-bond donors (Lipinski definition) is 2. The first-order valence-electron chi connectivity index (χ1n) is 8.58. The number of furan rings is 1. The van der Waals surface area contributed by atoms with Crippen molar-refractivity contribution < 1.29 is 4.42 Å². The summed E-state index contributed by atoms with van der Waals surface area (Å²) in [5.74, 6) is 2.17. The number of nitrogens with zero attached hydrogens (tertiary/aromatic N) is 3. The summed E-state index contributed by atoms with van der Waals surface area (Å²) < 4.78 is 5.30. The molecule has 1 fully saturated rings. The fourth-order valence-electron chi connectivity index (χ4n) is 2.97. The van der Waals surface area contributed by atoms with Gasteiger partial charge in [-0.05, 0) is 55.3 Å². The van der Waals surface area contributed by atoms with Crippen LogP contribution < -0.4 is 15.5 Å². The molecule has 1 aliphatic rings. The van der Waals surface area contributed by atoms with E-state index in [1.54, 1.807) is 12.5 Å². The summed E-state index contributed by atoms with van der Waals surface area (Å²) in [7, 11) is 0. The van der Waals surface area contributed by atoms with Crippen LogP contribution in [0, 0.1) is 0 Å². The molecule has 1 aromatic carbocycles. The van der Waals surface area contributed by atoms with Gasteiger partial charge in [-0.2, -0.15) is 4.98 Å². The average molecular weight is 335 g/mol. The van der Waals surface area contributed by atoms with E-state index in [4.69, 9.17) is 4.42 Å². The van der Waals surface area contributed by atoms with Gasteiger partial charge in [-0.15, -0.1) is 0 Å². The molecule has 0 bridgehead atoms. The predicted octanol–water partition coefficient (Wildman–Crippen LogP) is 4.03. The van der Waals surface area contributed by atoms with Crippen LogP contribution in [0.1, 0.15) is 18.6 Å². The Morgan fingerprint density at radius 2 is 1.88 bits per heavy atom. The quantitative estimate of drug-likeness (QED) is 0.709. The predicted molar refractivity (Wildman–Crippen MR) is 99.2 cm³/mol. The van der Waals surface area contributed by atoms with Gasteiger partial charge in [-0.1, -0.05) is 0 Å². The van der Waals surface area contributed by atoms with Crippen LogP contribution in [0.25, 0.3) is 0 Å². The van der Waals surface area contributed by atoms with E-state index in [2.05, 4.69) is 49.8 Å². The van der Waals surface area contributed by atoms with Crippen LogP contribution in [0.4, 0.5) is 23.1 Å². The summed E-state index contributed by atoms with van der Waals surface area (Å²) in [6.45, 7) is 2.87. The minimum atomic E-state index is 0.557. The highest BCUT2D eigenvalue weighted by Gasteiger charge is 2.11. The standard InChI is InChI=1S/C19H21N5O/c1-2-12-24(11-1)16-7-5-15(6-8-16)22-18-9-10-20-19(23-18)21-14-17-4-3-13-25-17/h3-10,13H,1-2,11-12,14H2,(H2,20,21,22,23). The van der Waals surface area contributed by atoms with E-state index >= 15 is 0 Å². The number of anilines is 4. The molecule has 0 spiro atoms. The van der Waals surface area contributed by atoms with Gasteiger partial charge in [0.05, 0.1) is 12.8 Å². The lowest BCUT2D eigenvalue weighted by Gasteiger charge is -2.18. The summed E-state index contributed by atoms with van der Waals surface area (Å²) in [6, 6.07) is 14.1. The lowest BCUT2D eigenvalue weighted by Crippen LogP contribution is -2.17. The Bertz CT molecular complexity index is 795. The lowest BCUT2D eigenvalue weighted by molar-refractivity contribution is 0.517. The van der Waals surface area contributed by atoms with Crippen molar-refractivity contribution in [1.82, 2.24) is 9.97 Å². The minimum Gasteiger partial charge on any atom is -0.467 e. The summed E-state index contributed by atoms with van der Waals surface area (Å²) >= 11 is 0. The maximum Gasteiger partial charge on any atom is 0.224 e. The van der Waals surface area contributed by atoms with E-state index < -0.39 is 0 Å². The average Bonchev–Trinajstić information content (AvgIpc) is 3.35. The molecule has 2 aromatic heterocycles. The molecule has 128 valence electrons. The van der Waals surface area contributed by atoms with Crippen molar-refractivity contribution >= 4 is 23.1 Å². The molecule has 0 atom stereocenters. The number of nitrogens with one attached hydrogen (secondary N) is 2. The van der Waals surface area contributed by atoms with Crippen molar-refractivity contribution in [3.05, 3.63) is 60.7 Å². The molecule has 0 saturated carbocycles. The monoisotopic (exact) mass is 335 g/mol. The largest absolute Gasteiger partial charge is 0.467 e. The van der Waals surface area contributed by atoms with Crippen molar-refractivity contribution in [3.8, 4) is 0 Å². The third kappa shape index (κ3) is 3.91. The van der Waals surface area contributed by atoms with E-state index in [9.17, 15) is 0 Å². The highest BCUT2D eigenvalue weighted by molar-refractivity contribution is 5.61. The second-order valence-corrected chi connectivity index (χ2v) is 6.06. The molecule has 0 unspecified atom stereocenters. The molecule has 0 aliphatic carbocycles. The summed E-state index contributed by atoms with van der Waals surface area (Å²) in [6.07, 6.45) is 5.96. The first-order chi connectivity index (χ1) is 12.4. The van der Waals surface area contributed by atoms with Crippen LogP contribution in [-0.4, -0.2) is 23.1 Å². The molecule has 1 aliphatic heterocycles. The molecular formula is C19H21N5O. The summed E-state index contributed by atoms with van der Waals surface area (Å²) in [5.41, 5.74) is 2.30. The maximum absolute atomic E-state index is 5.30. The zero-order chi connectivity index (χ0) is 16.9. The van der Waals surface area contributed by atoms with Crippen molar-refractivity contribution in [2.45, 2.75) is 19.4 Å². The smallest absolute Gasteiger partial charge is 0.224 e. The van der Waals surface area contributed by atoms with Crippen LogP contribution in [0.15, 0.2) is 59.3 Å². The minimum absolute atomic E-state index is 0.557. The molecule has 6 heteroatoms. The number of rotatable bonds is 6. The van der Waals surface area contributed by atoms with Crippen LogP contribution in [-0.2, 0) is 6.54 Å². The first-order valence-corrected chi connectivity index (χ1v) is 8.58. The number of hydrogen-bond acceptors (Lipinski definition) is 6. The Kier molecular flexibility index (Phi) is 4.50. The van der Waals surface area contributed by atoms with E-state index in [0.29, 0.717) is 12.5 Å². The van der Waals surface area contributed by atoms with Crippen molar-refractivity contribution in [3.63, 3.8) is 0 Å². The van der Waals surface area contributed by atoms with E-state index in [0.717, 1.165) is 30.4 Å². The van der Waals surface area contributed by atoms with E-state index in [1.807, 2.05) is 18.2 Å². The van der Waals surface area contributed by atoms with E-state index in [-0.39, 0.29) is 0 Å². The normalized spacial score (nSPS) is 13.8. The van der Waals surface area contributed by atoms with E-state index in [1.165, 1.54) is 18.5 Å². The molecule has 6 nitrogen and oxygen atoms in total. The molecule has 3 aromatic rings. The Labute approximate surface area is 146 Å². The van der Waals surface area contributed by atoms with Crippen molar-refractivity contribution in [1.29, 1.82) is 0 Å². The Morgan fingerprint density at radius 3 is 2.64 bits per heavy atom. The summed E-state index contributed by atoms with van der Waals surface area (Å²) in [4.78, 5) is 11.1. The number of aromatic nitrogens is 2. The summed E-state index contributed by atoms with van der Waals surface area (Å²) in [5, 5.41) is 6.48. The van der Waals surface area contributed by atoms with Crippen molar-refractivity contribution in [2.24, 2.45) is 0 Å². The second-order valence-electron chi connectivity index (χ2n) is 6.06. The maximum atomic E-state index is 5.30. The molecule has 3 heterocycles. The van der Waals surface area contributed by atoms with Crippen LogP contribution in [0.2, 0.25) is 0 Å². The van der Waals surface area contributed by atoms with Gasteiger partial charge in [-0.3, -0.25) is 0 Å². The van der Waals surface area contributed by atoms with Crippen LogP contribution in [0.5, 0.6) is 0 Å². The van der Waals surface area contributed by atoms with Crippen LogP contribution >= 0.6 is 0 Å². The number of benzene rings is 1. The zero-order valence-corrected chi connectivity index (χ0v) is 14.0. The SMILES string of the molecule is c1coc(CNc2nccc(Nc3ccc(N4CCCC4)cc3)n2)c1. The Morgan fingerprint density at radius 1 is 1.04 bits per heavy atom. The molecule has 2 N–H and O–H groups in total. The lowest BCUT2D eigenvalue weighted by atomic mass is 10.2. The molecule has 0 radical (unpaired) electrons. The van der Waals surface area contributed by atoms with Gasteiger partial charge in [0.25, 0.3) is 0 Å². The highest BCUT2D eigenvalue weighted by Crippen LogP contribution is 2.23. The Balaban J connectivity index is 1.39. The van der Waals surface area contributed by atoms with Gasteiger partial charge in [-0.25, -0.2) is 4.98 Å². The fraction of sp³-hybridized carbons (Fsp3) is 0.263. The fourth-order valence-corrected chi connectivity index (χ4v) is 2.97. The van der Waals surface area contributed by atoms with Gasteiger partial charge < -0.3 is 20.0 Å². The zero-order valence-electron chi connectivity index (χ0n) is 14.0.